The molecule has 8 heteroatoms. The van der Waals surface area contributed by atoms with Crippen molar-refractivity contribution in [1.82, 2.24) is 14.9 Å². The quantitative estimate of drug-likeness (QED) is 0.239. The molecule has 0 spiro atoms. The maximum Gasteiger partial charge on any atom is 0.294 e. The van der Waals surface area contributed by atoms with E-state index in [0.717, 1.165) is 59.3 Å². The molecule has 1 aliphatic heterocycles. The van der Waals surface area contributed by atoms with Crippen molar-refractivity contribution in [2.24, 2.45) is 0 Å². The highest BCUT2D eigenvalue weighted by atomic mass is 16.5. The molecule has 1 atom stereocenters. The number of aromatic nitrogens is 2. The van der Waals surface area contributed by atoms with Gasteiger partial charge in [0.2, 0.25) is 0 Å². The van der Waals surface area contributed by atoms with Gasteiger partial charge in [-0.1, -0.05) is 42.3 Å². The Bertz CT molecular complexity index is 1450. The standard InChI is InChI=1S/C30H29N5O3/c1-3-21-8-7-11-24(16-21)34-29-25-17-27(28(37-2)18-26(25)31-19-32-29)33-23-12-14-35(15-13-23)30(38-20-36)22-9-5-4-6-10-22/h1,4-11,16-20,23,30,33H,12-15H2,2H3,(H,31,32,34). The summed E-state index contributed by atoms with van der Waals surface area (Å²) in [4.78, 5) is 22.3. The molecule has 2 heterocycles. The minimum absolute atomic E-state index is 0.221. The Balaban J connectivity index is 1.34. The number of hydrogen-bond donors (Lipinski definition) is 2. The third-order valence-electron chi connectivity index (χ3n) is 6.74. The predicted octanol–water partition coefficient (Wildman–Crippen LogP) is 5.11. The first kappa shape index (κ1) is 25.1. The van der Waals surface area contributed by atoms with Crippen LogP contribution < -0.4 is 15.4 Å². The van der Waals surface area contributed by atoms with Crippen molar-refractivity contribution >= 4 is 34.6 Å². The fraction of sp³-hybridized carbons (Fsp3) is 0.233. The number of methoxy groups -OCH3 is 1. The summed E-state index contributed by atoms with van der Waals surface area (Å²) < 4.78 is 11.2. The van der Waals surface area contributed by atoms with Gasteiger partial charge in [0.15, 0.2) is 6.23 Å². The van der Waals surface area contributed by atoms with E-state index in [1.807, 2.05) is 66.7 Å². The maximum absolute atomic E-state index is 11.2. The van der Waals surface area contributed by atoms with E-state index < -0.39 is 0 Å². The van der Waals surface area contributed by atoms with Crippen molar-refractivity contribution in [3.63, 3.8) is 0 Å². The molecule has 2 N–H and O–H groups in total. The van der Waals surface area contributed by atoms with Gasteiger partial charge in [-0.15, -0.1) is 6.42 Å². The maximum atomic E-state index is 11.2. The molecule has 1 unspecified atom stereocenters. The molecule has 8 nitrogen and oxygen atoms in total. The van der Waals surface area contributed by atoms with E-state index in [-0.39, 0.29) is 12.3 Å². The molecule has 1 aliphatic rings. The van der Waals surface area contributed by atoms with E-state index in [1.54, 1.807) is 7.11 Å². The van der Waals surface area contributed by atoms with Gasteiger partial charge in [0, 0.05) is 47.4 Å². The number of nitrogens with one attached hydrogen (secondary N) is 2. The van der Waals surface area contributed by atoms with Crippen LogP contribution in [0.25, 0.3) is 10.9 Å². The van der Waals surface area contributed by atoms with Crippen LogP contribution in [-0.4, -0.2) is 47.6 Å². The minimum atomic E-state index is -0.386. The van der Waals surface area contributed by atoms with Gasteiger partial charge in [-0.25, -0.2) is 9.97 Å². The molecular weight excluding hydrogens is 478 g/mol. The zero-order valence-electron chi connectivity index (χ0n) is 21.1. The topological polar surface area (TPSA) is 88.6 Å². The first-order valence-electron chi connectivity index (χ1n) is 12.5. The lowest BCUT2D eigenvalue weighted by Gasteiger charge is -2.37. The Kier molecular flexibility index (Phi) is 7.67. The van der Waals surface area contributed by atoms with Gasteiger partial charge in [0.05, 0.1) is 18.3 Å². The van der Waals surface area contributed by atoms with E-state index in [9.17, 15) is 4.79 Å². The van der Waals surface area contributed by atoms with Gasteiger partial charge >= 0.3 is 0 Å². The summed E-state index contributed by atoms with van der Waals surface area (Å²) in [5, 5.41) is 7.90. The molecule has 0 aliphatic carbocycles. The Morgan fingerprint density at radius 1 is 1.08 bits per heavy atom. The number of likely N-dealkylation sites (tertiary alicyclic amines) is 1. The van der Waals surface area contributed by atoms with Gasteiger partial charge < -0.3 is 20.1 Å². The normalized spacial score (nSPS) is 14.8. The number of rotatable bonds is 9. The number of nitrogens with zero attached hydrogens (tertiary/aromatic N) is 3. The van der Waals surface area contributed by atoms with E-state index in [2.05, 4.69) is 31.4 Å². The minimum Gasteiger partial charge on any atom is -0.495 e. The number of ether oxygens (including phenoxy) is 2. The second-order valence-corrected chi connectivity index (χ2v) is 9.09. The smallest absolute Gasteiger partial charge is 0.294 e. The number of carbonyl (C=O) groups excluding carboxylic acids is 1. The molecule has 0 amide bonds. The Morgan fingerprint density at radius 3 is 2.63 bits per heavy atom. The van der Waals surface area contributed by atoms with Crippen molar-refractivity contribution in [2.45, 2.75) is 25.1 Å². The van der Waals surface area contributed by atoms with Gasteiger partial charge in [0.1, 0.15) is 17.9 Å². The average molecular weight is 508 g/mol. The lowest BCUT2D eigenvalue weighted by atomic mass is 10.0. The zero-order chi connectivity index (χ0) is 26.3. The molecule has 1 aromatic heterocycles. The van der Waals surface area contributed by atoms with Crippen LogP contribution in [0.3, 0.4) is 0 Å². The van der Waals surface area contributed by atoms with Gasteiger partial charge in [-0.3, -0.25) is 9.69 Å². The summed E-state index contributed by atoms with van der Waals surface area (Å²) in [6, 6.07) is 21.6. The Hall–Kier alpha value is -4.61. The number of terminal acetylenes is 1. The third-order valence-corrected chi connectivity index (χ3v) is 6.74. The summed E-state index contributed by atoms with van der Waals surface area (Å²) in [7, 11) is 1.65. The van der Waals surface area contributed by atoms with E-state index >= 15 is 0 Å². The van der Waals surface area contributed by atoms with E-state index in [1.165, 1.54) is 6.33 Å². The lowest BCUT2D eigenvalue weighted by Crippen LogP contribution is -2.41. The SMILES string of the molecule is C#Cc1cccc(Nc2ncnc3cc(OC)c(NC4CCN(C(OC=O)c5ccccc5)CC4)cc23)c1. The predicted molar refractivity (Wildman–Crippen MR) is 148 cm³/mol. The van der Waals surface area contributed by atoms with Crippen LogP contribution in [0.4, 0.5) is 17.2 Å². The summed E-state index contributed by atoms with van der Waals surface area (Å²) in [5.74, 6) is 4.05. The third kappa shape index (κ3) is 5.53. The second kappa shape index (κ2) is 11.6. The number of carbonyl (C=O) groups is 1. The number of hydrogen-bond acceptors (Lipinski definition) is 8. The second-order valence-electron chi connectivity index (χ2n) is 9.09. The summed E-state index contributed by atoms with van der Waals surface area (Å²) in [5.41, 5.74) is 4.25. The highest BCUT2D eigenvalue weighted by Gasteiger charge is 2.27. The van der Waals surface area contributed by atoms with Gasteiger partial charge in [0.25, 0.3) is 6.47 Å². The molecule has 38 heavy (non-hydrogen) atoms. The van der Waals surface area contributed by atoms with E-state index in [4.69, 9.17) is 15.9 Å². The van der Waals surface area contributed by atoms with Crippen LogP contribution in [0.5, 0.6) is 5.75 Å². The molecule has 4 aromatic rings. The fourth-order valence-electron chi connectivity index (χ4n) is 4.83. The van der Waals surface area contributed by atoms with Crippen LogP contribution in [0.1, 0.15) is 30.2 Å². The van der Waals surface area contributed by atoms with Crippen molar-refractivity contribution in [1.29, 1.82) is 0 Å². The molecule has 0 radical (unpaired) electrons. The Morgan fingerprint density at radius 2 is 1.89 bits per heavy atom. The van der Waals surface area contributed by atoms with Crippen LogP contribution >= 0.6 is 0 Å². The fourth-order valence-corrected chi connectivity index (χ4v) is 4.83. The molecule has 1 fully saturated rings. The van der Waals surface area contributed by atoms with Gasteiger partial charge in [-0.05, 0) is 37.1 Å². The monoisotopic (exact) mass is 507 g/mol. The molecular formula is C30H29N5O3. The van der Waals surface area contributed by atoms with Crippen molar-refractivity contribution in [3.8, 4) is 18.1 Å². The Labute approximate surface area is 222 Å². The van der Waals surface area contributed by atoms with Crippen molar-refractivity contribution in [3.05, 3.63) is 84.2 Å². The highest BCUT2D eigenvalue weighted by Crippen LogP contribution is 2.35. The number of fused-ring (bicyclic) bond motifs is 1. The number of anilines is 3. The van der Waals surface area contributed by atoms with Crippen LogP contribution in [0.2, 0.25) is 0 Å². The van der Waals surface area contributed by atoms with Crippen molar-refractivity contribution in [2.75, 3.05) is 30.8 Å². The molecule has 1 saturated heterocycles. The molecule has 5 rings (SSSR count). The first-order chi connectivity index (χ1) is 18.7. The molecule has 0 bridgehead atoms. The average Bonchev–Trinajstić information content (AvgIpc) is 2.97. The highest BCUT2D eigenvalue weighted by molar-refractivity contribution is 5.95. The van der Waals surface area contributed by atoms with Crippen LogP contribution in [0.15, 0.2) is 73.1 Å². The zero-order valence-corrected chi connectivity index (χ0v) is 21.1. The van der Waals surface area contributed by atoms with E-state index in [0.29, 0.717) is 18.0 Å². The lowest BCUT2D eigenvalue weighted by molar-refractivity contribution is -0.145. The molecule has 192 valence electrons. The number of piperidine rings is 1. The molecule has 0 saturated carbocycles. The summed E-state index contributed by atoms with van der Waals surface area (Å²) >= 11 is 0. The first-order valence-corrected chi connectivity index (χ1v) is 12.5. The summed E-state index contributed by atoms with van der Waals surface area (Å²) in [6.07, 6.45) is 8.46. The number of benzene rings is 3. The van der Waals surface area contributed by atoms with Crippen LogP contribution in [0, 0.1) is 12.3 Å². The van der Waals surface area contributed by atoms with Crippen molar-refractivity contribution < 1.29 is 14.3 Å². The summed E-state index contributed by atoms with van der Waals surface area (Å²) in [6.45, 7) is 2.09. The van der Waals surface area contributed by atoms with Gasteiger partial charge in [-0.2, -0.15) is 0 Å². The van der Waals surface area contributed by atoms with Crippen LogP contribution in [-0.2, 0) is 9.53 Å². The largest absolute Gasteiger partial charge is 0.495 e. The molecule has 3 aromatic carbocycles.